The SMILES string of the molecule is CC.CC.O=CCc1cc(F)cs1. The highest BCUT2D eigenvalue weighted by Gasteiger charge is 1.95. The van der Waals surface area contributed by atoms with Crippen LogP contribution in [0.15, 0.2) is 11.4 Å². The molecule has 0 aliphatic carbocycles. The minimum atomic E-state index is -0.253. The number of thiophene rings is 1. The zero-order valence-corrected chi connectivity index (χ0v) is 9.45. The van der Waals surface area contributed by atoms with Gasteiger partial charge in [-0.2, -0.15) is 0 Å². The second kappa shape index (κ2) is 11.3. The summed E-state index contributed by atoms with van der Waals surface area (Å²) in [5.74, 6) is -0.253. The minimum Gasteiger partial charge on any atom is -0.303 e. The molecule has 0 aliphatic rings. The quantitative estimate of drug-likeness (QED) is 0.672. The molecule has 0 amide bonds. The number of hydrogen-bond acceptors (Lipinski definition) is 2. The van der Waals surface area contributed by atoms with Gasteiger partial charge in [0.25, 0.3) is 0 Å². The largest absolute Gasteiger partial charge is 0.303 e. The Morgan fingerprint density at radius 1 is 1.38 bits per heavy atom. The molecule has 0 N–H and O–H groups in total. The third kappa shape index (κ3) is 7.65. The number of rotatable bonds is 2. The first-order chi connectivity index (χ1) is 6.33. The van der Waals surface area contributed by atoms with Gasteiger partial charge in [0.2, 0.25) is 0 Å². The summed E-state index contributed by atoms with van der Waals surface area (Å²) in [4.78, 5) is 10.6. The minimum absolute atomic E-state index is 0.253. The summed E-state index contributed by atoms with van der Waals surface area (Å²) in [5, 5.41) is 1.39. The Bertz CT molecular complexity index is 208. The lowest BCUT2D eigenvalue weighted by molar-refractivity contribution is -0.107. The van der Waals surface area contributed by atoms with Crippen molar-refractivity contribution in [2.24, 2.45) is 0 Å². The molecule has 1 nitrogen and oxygen atoms in total. The van der Waals surface area contributed by atoms with E-state index in [1.54, 1.807) is 0 Å². The molecule has 0 atom stereocenters. The molecule has 0 radical (unpaired) electrons. The zero-order valence-electron chi connectivity index (χ0n) is 8.63. The van der Waals surface area contributed by atoms with Crippen LogP contribution in [-0.4, -0.2) is 6.29 Å². The smallest absolute Gasteiger partial charge is 0.134 e. The second-order valence-electron chi connectivity index (χ2n) is 1.60. The van der Waals surface area contributed by atoms with Crippen molar-refractivity contribution in [3.8, 4) is 0 Å². The lowest BCUT2D eigenvalue weighted by atomic mass is 10.4. The molecule has 0 spiro atoms. The zero-order chi connectivity index (χ0) is 10.7. The van der Waals surface area contributed by atoms with E-state index >= 15 is 0 Å². The molecule has 0 aromatic carbocycles. The molecule has 0 fully saturated rings. The third-order valence-corrected chi connectivity index (χ3v) is 1.84. The summed E-state index contributed by atoms with van der Waals surface area (Å²) in [6, 6.07) is 1.37. The molecular formula is C10H17FOS. The van der Waals surface area contributed by atoms with Crippen LogP contribution in [0, 0.1) is 5.82 Å². The first-order valence-corrected chi connectivity index (χ1v) is 5.37. The second-order valence-corrected chi connectivity index (χ2v) is 2.60. The van der Waals surface area contributed by atoms with Crippen molar-refractivity contribution in [2.45, 2.75) is 34.1 Å². The van der Waals surface area contributed by atoms with Gasteiger partial charge in [-0.05, 0) is 6.07 Å². The standard InChI is InChI=1S/C6H5FOS.2C2H6/c7-5-3-6(1-2-8)9-4-5;2*1-2/h2-4H,1H2;2*1-2H3. The average Bonchev–Trinajstić information content (AvgIpc) is 2.59. The summed E-state index contributed by atoms with van der Waals surface area (Å²) in [5.41, 5.74) is 0. The van der Waals surface area contributed by atoms with Gasteiger partial charge in [0.15, 0.2) is 0 Å². The third-order valence-electron chi connectivity index (χ3n) is 0.906. The predicted molar refractivity (Wildman–Crippen MR) is 56.7 cm³/mol. The van der Waals surface area contributed by atoms with E-state index in [0.717, 1.165) is 11.2 Å². The lowest BCUT2D eigenvalue weighted by Gasteiger charge is -1.78. The van der Waals surface area contributed by atoms with Gasteiger partial charge < -0.3 is 4.79 Å². The van der Waals surface area contributed by atoms with Crippen LogP contribution in [0.2, 0.25) is 0 Å². The highest BCUT2D eigenvalue weighted by atomic mass is 32.1. The summed E-state index contributed by atoms with van der Waals surface area (Å²) >= 11 is 1.27. The van der Waals surface area contributed by atoms with Gasteiger partial charge in [0.1, 0.15) is 12.1 Å². The van der Waals surface area contributed by atoms with E-state index in [2.05, 4.69) is 0 Å². The van der Waals surface area contributed by atoms with Crippen LogP contribution >= 0.6 is 11.3 Å². The van der Waals surface area contributed by atoms with Crippen molar-refractivity contribution in [2.75, 3.05) is 0 Å². The maximum absolute atomic E-state index is 12.1. The van der Waals surface area contributed by atoms with Crippen LogP contribution in [0.4, 0.5) is 4.39 Å². The number of aldehydes is 1. The molecule has 1 aromatic heterocycles. The molecular weight excluding hydrogens is 187 g/mol. The Labute approximate surface area is 83.6 Å². The van der Waals surface area contributed by atoms with Gasteiger partial charge in [0.05, 0.1) is 0 Å². The monoisotopic (exact) mass is 204 g/mol. The topological polar surface area (TPSA) is 17.1 Å². The average molecular weight is 204 g/mol. The molecule has 13 heavy (non-hydrogen) atoms. The number of carbonyl (C=O) groups excluding carboxylic acids is 1. The first kappa shape index (κ1) is 14.8. The molecule has 0 bridgehead atoms. The molecule has 1 aromatic rings. The van der Waals surface area contributed by atoms with Gasteiger partial charge in [-0.15, -0.1) is 11.3 Å². The van der Waals surface area contributed by atoms with Crippen molar-refractivity contribution in [1.82, 2.24) is 0 Å². The Hall–Kier alpha value is -0.700. The summed E-state index contributed by atoms with van der Waals surface area (Å²) < 4.78 is 12.1. The molecule has 76 valence electrons. The first-order valence-electron chi connectivity index (χ1n) is 4.49. The highest BCUT2D eigenvalue weighted by Crippen LogP contribution is 2.12. The Morgan fingerprint density at radius 3 is 2.23 bits per heavy atom. The van der Waals surface area contributed by atoms with Crippen molar-refractivity contribution in [3.63, 3.8) is 0 Å². The van der Waals surface area contributed by atoms with Gasteiger partial charge in [0, 0.05) is 16.7 Å². The van der Waals surface area contributed by atoms with Crippen molar-refractivity contribution in [3.05, 3.63) is 22.1 Å². The summed E-state index contributed by atoms with van der Waals surface area (Å²) in [6.07, 6.45) is 1.10. The van der Waals surface area contributed by atoms with E-state index in [-0.39, 0.29) is 5.82 Å². The van der Waals surface area contributed by atoms with E-state index in [1.165, 1.54) is 22.8 Å². The van der Waals surface area contributed by atoms with Gasteiger partial charge in [-0.1, -0.05) is 27.7 Å². The number of halogens is 1. The Balaban J connectivity index is 0. The lowest BCUT2D eigenvalue weighted by Crippen LogP contribution is -1.77. The van der Waals surface area contributed by atoms with E-state index in [9.17, 15) is 9.18 Å². The fourth-order valence-corrected chi connectivity index (χ4v) is 1.22. The van der Waals surface area contributed by atoms with Crippen LogP contribution in [0.3, 0.4) is 0 Å². The van der Waals surface area contributed by atoms with E-state index in [1.807, 2.05) is 27.7 Å². The van der Waals surface area contributed by atoms with Crippen molar-refractivity contribution >= 4 is 17.6 Å². The Morgan fingerprint density at radius 2 is 1.92 bits per heavy atom. The molecule has 1 heterocycles. The predicted octanol–water partition coefficient (Wildman–Crippen LogP) is 3.68. The van der Waals surface area contributed by atoms with Crippen molar-refractivity contribution in [1.29, 1.82) is 0 Å². The van der Waals surface area contributed by atoms with Crippen LogP contribution < -0.4 is 0 Å². The van der Waals surface area contributed by atoms with Gasteiger partial charge >= 0.3 is 0 Å². The van der Waals surface area contributed by atoms with Gasteiger partial charge in [-0.3, -0.25) is 0 Å². The van der Waals surface area contributed by atoms with Gasteiger partial charge in [-0.25, -0.2) is 4.39 Å². The van der Waals surface area contributed by atoms with Crippen molar-refractivity contribution < 1.29 is 9.18 Å². The number of hydrogen-bond donors (Lipinski definition) is 0. The molecule has 0 saturated heterocycles. The fraction of sp³-hybridized carbons (Fsp3) is 0.500. The number of carbonyl (C=O) groups is 1. The maximum atomic E-state index is 12.1. The van der Waals surface area contributed by atoms with E-state index in [4.69, 9.17) is 0 Å². The molecule has 3 heteroatoms. The maximum Gasteiger partial charge on any atom is 0.134 e. The highest BCUT2D eigenvalue weighted by molar-refractivity contribution is 7.10. The van der Waals surface area contributed by atoms with Crippen LogP contribution in [0.1, 0.15) is 32.6 Å². The molecule has 0 aliphatic heterocycles. The van der Waals surface area contributed by atoms with E-state index in [0.29, 0.717) is 6.42 Å². The fourth-order valence-electron chi connectivity index (χ4n) is 0.543. The molecule has 0 unspecified atom stereocenters. The van der Waals surface area contributed by atoms with Crippen LogP contribution in [0.5, 0.6) is 0 Å². The van der Waals surface area contributed by atoms with Crippen LogP contribution in [-0.2, 0) is 11.2 Å². The normalized spacial score (nSPS) is 7.46. The summed E-state index contributed by atoms with van der Waals surface area (Å²) in [6.45, 7) is 8.00. The van der Waals surface area contributed by atoms with Crippen LogP contribution in [0.25, 0.3) is 0 Å². The molecule has 0 saturated carbocycles. The Kier molecular flexibility index (Phi) is 12.9. The van der Waals surface area contributed by atoms with E-state index < -0.39 is 0 Å². The molecule has 1 rings (SSSR count). The summed E-state index contributed by atoms with van der Waals surface area (Å²) in [7, 11) is 0.